The summed E-state index contributed by atoms with van der Waals surface area (Å²) < 4.78 is 38.0. The molecule has 0 fully saturated rings. The maximum absolute atomic E-state index is 14.1. The monoisotopic (exact) mass is 513 g/mol. The van der Waals surface area contributed by atoms with Crippen LogP contribution in [0.25, 0.3) is 22.3 Å². The number of hydrogen-bond donors (Lipinski definition) is 0. The van der Waals surface area contributed by atoms with E-state index in [2.05, 4.69) is 0 Å². The van der Waals surface area contributed by atoms with Crippen molar-refractivity contribution in [3.05, 3.63) is 97.1 Å². The highest BCUT2D eigenvalue weighted by Gasteiger charge is 2.49. The van der Waals surface area contributed by atoms with Gasteiger partial charge in [0.1, 0.15) is 20.3 Å². The summed E-state index contributed by atoms with van der Waals surface area (Å²) in [6, 6.07) is 27.7. The van der Waals surface area contributed by atoms with E-state index >= 15 is 0 Å². The Kier molecular flexibility index (Phi) is 5.22. The van der Waals surface area contributed by atoms with Gasteiger partial charge < -0.3 is 18.6 Å². The third kappa shape index (κ3) is 3.39. The number of carbonyl (C=O) groups is 2. The van der Waals surface area contributed by atoms with E-state index in [4.69, 9.17) is 9.05 Å². The molecule has 2 unspecified atom stereocenters. The molecule has 0 bridgehead atoms. The maximum atomic E-state index is 14.1. The molecule has 0 N–H and O–H groups in total. The topological polar surface area (TPSA) is 86.7 Å². The van der Waals surface area contributed by atoms with E-state index in [-0.39, 0.29) is 10.6 Å². The van der Waals surface area contributed by atoms with Gasteiger partial charge in [-0.05, 0) is 35.4 Å². The number of fused-ring (bicyclic) bond motifs is 6. The highest BCUT2D eigenvalue weighted by atomic mass is 31.2. The molecule has 35 heavy (non-hydrogen) atoms. The fourth-order valence-corrected chi connectivity index (χ4v) is 11.5. The number of carbonyl (C=O) groups excluding carboxylic acids is 2. The largest absolute Gasteiger partial charge is 0.460 e. The molecule has 0 spiro atoms. The first-order valence-electron chi connectivity index (χ1n) is 10.8. The second-order valence-corrected chi connectivity index (χ2v) is 14.9. The lowest BCUT2D eigenvalue weighted by Gasteiger charge is -2.29. The van der Waals surface area contributed by atoms with Crippen LogP contribution in [-0.2, 0) is 9.13 Å². The van der Waals surface area contributed by atoms with E-state index in [0.717, 1.165) is 11.1 Å². The lowest BCUT2D eigenvalue weighted by Crippen LogP contribution is -2.31. The molecular weight excluding hydrogens is 497 g/mol. The van der Waals surface area contributed by atoms with Crippen molar-refractivity contribution in [2.24, 2.45) is 0 Å². The van der Waals surface area contributed by atoms with Crippen LogP contribution in [-0.4, -0.2) is 24.0 Å². The van der Waals surface area contributed by atoms with E-state index in [9.17, 15) is 18.7 Å². The van der Waals surface area contributed by atoms with Crippen LogP contribution in [0, 0.1) is 0 Å². The predicted molar refractivity (Wildman–Crippen MR) is 136 cm³/mol. The Balaban J connectivity index is 1.39. The summed E-state index contributed by atoms with van der Waals surface area (Å²) in [4.78, 5) is 27.0. The van der Waals surface area contributed by atoms with Gasteiger partial charge in [0.15, 0.2) is 0 Å². The Labute approximate surface area is 207 Å². The van der Waals surface area contributed by atoms with Crippen LogP contribution in [0.3, 0.4) is 0 Å². The number of para-hydroxylation sites is 2. The fourth-order valence-electron chi connectivity index (χ4n) is 4.43. The van der Waals surface area contributed by atoms with Crippen molar-refractivity contribution in [1.29, 1.82) is 0 Å². The zero-order chi connectivity index (χ0) is 24.2. The molecule has 4 aromatic rings. The summed E-state index contributed by atoms with van der Waals surface area (Å²) in [5.41, 5.74) is 2.69. The molecule has 0 aliphatic carbocycles. The van der Waals surface area contributed by atoms with Crippen LogP contribution in [0.15, 0.2) is 97.1 Å². The number of hydrogen-bond acceptors (Lipinski definition) is 6. The molecular formula is C26H16AlO6P2. The first kappa shape index (κ1) is 22.3. The molecule has 169 valence electrons. The van der Waals surface area contributed by atoms with Gasteiger partial charge >= 0.3 is 30.0 Å². The van der Waals surface area contributed by atoms with Gasteiger partial charge in [0, 0.05) is 11.1 Å². The van der Waals surface area contributed by atoms with Gasteiger partial charge in [0.25, 0.3) is 0 Å². The van der Waals surface area contributed by atoms with Gasteiger partial charge in [0.05, 0.1) is 10.6 Å². The van der Waals surface area contributed by atoms with Crippen LogP contribution in [0.5, 0.6) is 11.5 Å². The first-order valence-corrected chi connectivity index (χ1v) is 15.2. The van der Waals surface area contributed by atoms with Crippen molar-refractivity contribution in [2.45, 2.75) is 0 Å². The quantitative estimate of drug-likeness (QED) is 0.237. The zero-order valence-corrected chi connectivity index (χ0v) is 21.1. The van der Waals surface area contributed by atoms with E-state index in [1.165, 1.54) is 0 Å². The third-order valence-electron chi connectivity index (χ3n) is 6.08. The molecule has 9 heteroatoms. The van der Waals surface area contributed by atoms with Crippen molar-refractivity contribution in [1.82, 2.24) is 0 Å². The molecule has 6 rings (SSSR count). The van der Waals surface area contributed by atoms with E-state index < -0.39 is 38.7 Å². The molecule has 6 nitrogen and oxygen atoms in total. The smallest absolute Gasteiger partial charge is 0.435 e. The average Bonchev–Trinajstić information content (AvgIpc) is 2.89. The van der Waals surface area contributed by atoms with Gasteiger partial charge in [-0.25, -0.2) is 0 Å². The van der Waals surface area contributed by atoms with Gasteiger partial charge in [0.2, 0.25) is 0 Å². The zero-order valence-electron chi connectivity index (χ0n) is 18.2. The summed E-state index contributed by atoms with van der Waals surface area (Å²) in [5, 5.41) is 0.496. The molecule has 1 radical (unpaired) electrons. The Morgan fingerprint density at radius 2 is 0.857 bits per heavy atom. The van der Waals surface area contributed by atoms with Crippen LogP contribution < -0.4 is 19.7 Å². The Bertz CT molecular complexity index is 1530. The Hall–Kier alpha value is -3.19. The standard InChI is InChI=1S/2C13H8O3P.Al/c2*14-9-17(15)13-8-4-2-6-11(13)10-5-1-3-7-12(10)16-17;/h2*1-8H;. The summed E-state index contributed by atoms with van der Waals surface area (Å²) in [7, 11) is -8.22. The van der Waals surface area contributed by atoms with E-state index in [1.54, 1.807) is 72.8 Å². The molecule has 2 atom stereocenters. The molecule has 2 aliphatic heterocycles. The van der Waals surface area contributed by atoms with Crippen molar-refractivity contribution >= 4 is 49.3 Å². The van der Waals surface area contributed by atoms with Crippen LogP contribution >= 0.6 is 14.7 Å². The number of benzene rings is 4. The lowest BCUT2D eigenvalue weighted by molar-refractivity contribution is 0.267. The molecule has 4 aromatic carbocycles. The molecule has 0 amide bonds. The minimum absolute atomic E-state index is 0.248. The van der Waals surface area contributed by atoms with Gasteiger partial charge in [-0.3, -0.25) is 9.13 Å². The van der Waals surface area contributed by atoms with Gasteiger partial charge in [-0.15, -0.1) is 0 Å². The van der Waals surface area contributed by atoms with E-state index in [1.807, 2.05) is 24.3 Å². The second-order valence-electron chi connectivity index (χ2n) is 8.13. The number of rotatable bonds is 4. The SMILES string of the molecule is O=[C]([Al][C](=O)P1(=O)Oc2ccccc2-c2ccccc21)P1(=O)Oc2ccccc2-c2ccccc21. The minimum atomic E-state index is -4.11. The second kappa shape index (κ2) is 8.19. The maximum Gasteiger partial charge on any atom is 0.460 e. The van der Waals surface area contributed by atoms with E-state index in [0.29, 0.717) is 22.6 Å². The highest BCUT2D eigenvalue weighted by molar-refractivity contribution is 7.94. The molecule has 0 saturated carbocycles. The van der Waals surface area contributed by atoms with Crippen LogP contribution in [0.1, 0.15) is 0 Å². The van der Waals surface area contributed by atoms with Gasteiger partial charge in [-0.1, -0.05) is 72.8 Å². The average molecular weight is 513 g/mol. The molecule has 2 aliphatic rings. The van der Waals surface area contributed by atoms with Crippen molar-refractivity contribution in [3.63, 3.8) is 0 Å². The minimum Gasteiger partial charge on any atom is -0.435 e. The summed E-state index contributed by atoms with van der Waals surface area (Å²) >= 11 is -1.82. The normalized spacial score (nSPS) is 21.1. The fraction of sp³-hybridized carbons (Fsp3) is 0. The van der Waals surface area contributed by atoms with Crippen molar-refractivity contribution in [2.75, 3.05) is 0 Å². The molecule has 0 aromatic heterocycles. The first-order chi connectivity index (χ1) is 16.9. The highest BCUT2D eigenvalue weighted by Crippen LogP contribution is 2.58. The van der Waals surface area contributed by atoms with Crippen molar-refractivity contribution < 1.29 is 27.8 Å². The van der Waals surface area contributed by atoms with Gasteiger partial charge in [-0.2, -0.15) is 0 Å². The predicted octanol–water partition coefficient (Wildman–Crippen LogP) is 6.26. The van der Waals surface area contributed by atoms with Crippen LogP contribution in [0.2, 0.25) is 0 Å². The molecule has 0 saturated heterocycles. The summed E-state index contributed by atoms with van der Waals surface area (Å²) in [6.07, 6.45) is 0. The summed E-state index contributed by atoms with van der Waals surface area (Å²) in [6.45, 7) is 0. The Morgan fingerprint density at radius 1 is 0.514 bits per heavy atom. The Morgan fingerprint density at radius 3 is 1.29 bits per heavy atom. The third-order valence-corrected chi connectivity index (χ3v) is 13.5. The van der Waals surface area contributed by atoms with Crippen molar-refractivity contribution in [3.8, 4) is 33.8 Å². The molecule has 2 heterocycles. The van der Waals surface area contributed by atoms with Crippen LogP contribution in [0.4, 0.5) is 9.59 Å². The lowest BCUT2D eigenvalue weighted by atomic mass is 10.0. The summed E-state index contributed by atoms with van der Waals surface area (Å²) in [5.74, 6) is 0.629.